The fourth-order valence-corrected chi connectivity index (χ4v) is 5.08. The van der Waals surface area contributed by atoms with Crippen molar-refractivity contribution in [2.24, 2.45) is 0 Å². The maximum absolute atomic E-state index is 8.36. The van der Waals surface area contributed by atoms with Crippen LogP contribution in [0, 0.1) is 20.2 Å². The van der Waals surface area contributed by atoms with Gasteiger partial charge in [0.05, 0.1) is 30.2 Å². The summed E-state index contributed by atoms with van der Waals surface area (Å²) in [6, 6.07) is 24.9. The molecule has 2 atom stereocenters. The Balaban J connectivity index is 0.000000628. The third kappa shape index (κ3) is 10.6. The number of imidazole rings is 1. The van der Waals surface area contributed by atoms with Crippen molar-refractivity contribution in [1.29, 1.82) is 0 Å². The molecule has 0 aliphatic carbocycles. The van der Waals surface area contributed by atoms with Gasteiger partial charge in [-0.15, -0.1) is 20.2 Å². The van der Waals surface area contributed by atoms with Gasteiger partial charge < -0.3 is 34.7 Å². The third-order valence-electron chi connectivity index (χ3n) is 6.42. The van der Waals surface area contributed by atoms with Crippen LogP contribution < -0.4 is 4.74 Å². The number of hydrogen-bond acceptors (Lipinski definition) is 10. The topological polar surface area (TPSA) is 230 Å². The molecule has 6 rings (SSSR count). The Morgan fingerprint density at radius 3 is 2.27 bits per heavy atom. The van der Waals surface area contributed by atoms with E-state index in [0.717, 1.165) is 22.6 Å². The SMILES string of the molecule is Clc1ccc(C2(Cn3ccnc3)OCC(COc3ccc(-c4ccnc(-c5ccccc5)n4)cc3)O2)c(Cl)c1.O.O=[N+]([O-])O.O=[N+]([O-])O. The molecule has 5 aromatic rings. The number of benzene rings is 3. The first-order valence-electron chi connectivity index (χ1n) is 13.6. The minimum Gasteiger partial charge on any atom is -0.491 e. The predicted molar refractivity (Wildman–Crippen MR) is 171 cm³/mol. The number of halogens is 2. The first-order valence-corrected chi connectivity index (χ1v) is 14.3. The van der Waals surface area contributed by atoms with Crippen molar-refractivity contribution in [2.45, 2.75) is 18.4 Å². The molecule has 3 aromatic carbocycles. The van der Waals surface area contributed by atoms with Crippen molar-refractivity contribution in [1.82, 2.24) is 19.5 Å². The van der Waals surface area contributed by atoms with E-state index in [1.165, 1.54) is 0 Å². The Morgan fingerprint density at radius 2 is 1.65 bits per heavy atom. The van der Waals surface area contributed by atoms with Crippen LogP contribution in [0.5, 0.6) is 5.75 Å². The summed E-state index contributed by atoms with van der Waals surface area (Å²) in [6.45, 7) is 1.03. The Bertz CT molecular complexity index is 1750. The van der Waals surface area contributed by atoms with Crippen LogP contribution in [0.15, 0.2) is 104 Å². The lowest BCUT2D eigenvalue weighted by molar-refractivity contribution is -0.742. The molecule has 1 aliphatic heterocycles. The van der Waals surface area contributed by atoms with Crippen molar-refractivity contribution in [3.05, 3.63) is 140 Å². The number of nitrogens with zero attached hydrogens (tertiary/aromatic N) is 6. The zero-order valence-corrected chi connectivity index (χ0v) is 26.2. The number of hydrogen-bond donors (Lipinski definition) is 2. The average Bonchev–Trinajstić information content (AvgIpc) is 3.71. The van der Waals surface area contributed by atoms with Gasteiger partial charge in [0.1, 0.15) is 18.5 Å². The van der Waals surface area contributed by atoms with Gasteiger partial charge in [0, 0.05) is 40.3 Å². The van der Waals surface area contributed by atoms with E-state index in [1.54, 1.807) is 30.9 Å². The largest absolute Gasteiger partial charge is 0.491 e. The highest BCUT2D eigenvalue weighted by Crippen LogP contribution is 2.40. The van der Waals surface area contributed by atoms with Crippen LogP contribution in [0.25, 0.3) is 22.6 Å². The molecular formula is C30H28Cl2N6O10. The van der Waals surface area contributed by atoms with Crippen LogP contribution in [0.3, 0.4) is 0 Å². The van der Waals surface area contributed by atoms with Crippen molar-refractivity contribution < 1.29 is 40.3 Å². The fourth-order valence-electron chi connectivity index (χ4n) is 4.53. The van der Waals surface area contributed by atoms with Gasteiger partial charge >= 0.3 is 0 Å². The van der Waals surface area contributed by atoms with Crippen LogP contribution >= 0.6 is 23.2 Å². The van der Waals surface area contributed by atoms with E-state index in [1.807, 2.05) is 77.5 Å². The van der Waals surface area contributed by atoms with Gasteiger partial charge in [-0.05, 0) is 42.5 Å². The van der Waals surface area contributed by atoms with E-state index in [-0.39, 0.29) is 11.6 Å². The van der Waals surface area contributed by atoms with Crippen molar-refractivity contribution in [2.75, 3.05) is 13.2 Å². The molecule has 0 amide bonds. The summed E-state index contributed by atoms with van der Waals surface area (Å²) in [5, 5.41) is 28.3. The van der Waals surface area contributed by atoms with Crippen LogP contribution in [-0.4, -0.2) is 64.9 Å². The molecule has 0 radical (unpaired) electrons. The lowest BCUT2D eigenvalue weighted by Crippen LogP contribution is -2.34. The van der Waals surface area contributed by atoms with Gasteiger partial charge in [0.2, 0.25) is 5.79 Å². The van der Waals surface area contributed by atoms with E-state index in [4.69, 9.17) is 73.0 Å². The van der Waals surface area contributed by atoms with E-state index < -0.39 is 16.0 Å². The second kappa shape index (κ2) is 17.5. The highest BCUT2D eigenvalue weighted by molar-refractivity contribution is 6.35. The van der Waals surface area contributed by atoms with Crippen LogP contribution in [0.2, 0.25) is 10.0 Å². The molecule has 252 valence electrons. The second-order valence-electron chi connectivity index (χ2n) is 9.61. The molecule has 48 heavy (non-hydrogen) atoms. The van der Waals surface area contributed by atoms with Crippen LogP contribution in [0.4, 0.5) is 0 Å². The Labute approximate surface area is 282 Å². The molecule has 1 fully saturated rings. The summed E-state index contributed by atoms with van der Waals surface area (Å²) in [7, 11) is 0. The summed E-state index contributed by atoms with van der Waals surface area (Å²) in [5.74, 6) is 0.312. The number of aromatic nitrogens is 4. The van der Waals surface area contributed by atoms with Crippen molar-refractivity contribution in [3.63, 3.8) is 0 Å². The standard InChI is InChI=1S/C30H24Cl2N4O3.2HNO3.H2O/c31-23-8-11-26(27(32)16-23)30(19-36-15-14-33-20-36)38-18-25(39-30)17-37-24-9-6-21(7-10-24)28-12-13-34-29(35-28)22-4-2-1-3-5-22;2*2-1(3)4;/h1-16,20,25H,17-19H2;2*(H,2,3,4);1H2. The zero-order chi connectivity index (χ0) is 33.8. The fraction of sp³-hybridized carbons (Fsp3) is 0.167. The van der Waals surface area contributed by atoms with Crippen LogP contribution in [0.1, 0.15) is 5.56 Å². The molecule has 1 saturated heterocycles. The summed E-state index contributed by atoms with van der Waals surface area (Å²) in [6.07, 6.45) is 6.74. The second-order valence-corrected chi connectivity index (χ2v) is 10.4. The van der Waals surface area contributed by atoms with Gasteiger partial charge in [0.25, 0.3) is 10.2 Å². The van der Waals surface area contributed by atoms with Gasteiger partial charge in [-0.1, -0.05) is 59.6 Å². The minimum atomic E-state index is -1.50. The molecule has 16 nitrogen and oxygen atoms in total. The number of rotatable bonds is 8. The zero-order valence-electron chi connectivity index (χ0n) is 24.7. The monoisotopic (exact) mass is 702 g/mol. The van der Waals surface area contributed by atoms with E-state index in [0.29, 0.717) is 41.2 Å². The lowest BCUT2D eigenvalue weighted by atomic mass is 10.1. The molecule has 0 spiro atoms. The van der Waals surface area contributed by atoms with Gasteiger partial charge in [-0.3, -0.25) is 0 Å². The van der Waals surface area contributed by atoms with Crippen molar-refractivity contribution >= 4 is 23.2 Å². The number of ether oxygens (including phenoxy) is 3. The summed E-state index contributed by atoms with van der Waals surface area (Å²) < 4.78 is 20.7. The quantitative estimate of drug-likeness (QED) is 0.158. The molecule has 0 saturated carbocycles. The highest BCUT2D eigenvalue weighted by Gasteiger charge is 2.45. The summed E-state index contributed by atoms with van der Waals surface area (Å²) >= 11 is 12.7. The predicted octanol–water partition coefficient (Wildman–Crippen LogP) is 5.14. The molecule has 18 heteroatoms. The minimum absolute atomic E-state index is 0. The van der Waals surface area contributed by atoms with Crippen molar-refractivity contribution in [3.8, 4) is 28.4 Å². The first-order chi connectivity index (χ1) is 22.5. The highest BCUT2D eigenvalue weighted by atomic mass is 35.5. The summed E-state index contributed by atoms with van der Waals surface area (Å²) in [4.78, 5) is 30.0. The first kappa shape index (κ1) is 37.1. The molecular weight excluding hydrogens is 675 g/mol. The van der Waals surface area contributed by atoms with Gasteiger partial charge in [-0.2, -0.15) is 0 Å². The van der Waals surface area contributed by atoms with E-state index in [9.17, 15) is 0 Å². The Kier molecular flexibility index (Phi) is 13.5. The molecule has 1 aliphatic rings. The normalized spacial score (nSPS) is 16.2. The average molecular weight is 703 g/mol. The Hall–Kier alpha value is -5.39. The molecule has 3 heterocycles. The van der Waals surface area contributed by atoms with Crippen LogP contribution in [-0.2, 0) is 21.8 Å². The molecule has 0 bridgehead atoms. The Morgan fingerprint density at radius 1 is 0.958 bits per heavy atom. The smallest absolute Gasteiger partial charge is 0.291 e. The van der Waals surface area contributed by atoms with Gasteiger partial charge in [0.15, 0.2) is 5.82 Å². The van der Waals surface area contributed by atoms with E-state index >= 15 is 0 Å². The maximum Gasteiger partial charge on any atom is 0.291 e. The molecule has 2 aromatic heterocycles. The summed E-state index contributed by atoms with van der Waals surface area (Å²) in [5.41, 5.74) is 3.49. The van der Waals surface area contributed by atoms with E-state index in [2.05, 4.69) is 9.97 Å². The maximum atomic E-state index is 8.36. The third-order valence-corrected chi connectivity index (χ3v) is 6.97. The van der Waals surface area contributed by atoms with Gasteiger partial charge in [-0.25, -0.2) is 15.0 Å². The molecule has 4 N–H and O–H groups in total. The lowest BCUT2D eigenvalue weighted by Gasteiger charge is -2.30. The molecule has 2 unspecified atom stereocenters.